The number of amides is 1. The molecule has 2 aromatic carbocycles. The second-order valence-electron chi connectivity index (χ2n) is 7.85. The predicted molar refractivity (Wildman–Crippen MR) is 126 cm³/mol. The number of anilines is 1. The Labute approximate surface area is 192 Å². The number of benzene rings is 2. The molecule has 0 bridgehead atoms. The van der Waals surface area contributed by atoms with Crippen LogP contribution in [0.2, 0.25) is 0 Å². The molecule has 8 nitrogen and oxygen atoms in total. The van der Waals surface area contributed by atoms with E-state index in [0.29, 0.717) is 11.3 Å². The highest BCUT2D eigenvalue weighted by atomic mass is 35.5. The van der Waals surface area contributed by atoms with Crippen molar-refractivity contribution in [3.63, 3.8) is 0 Å². The van der Waals surface area contributed by atoms with Crippen LogP contribution in [0.1, 0.15) is 45.9 Å². The molecule has 1 aliphatic heterocycles. The number of nitrogens with zero attached hydrogens (tertiary/aromatic N) is 3. The second kappa shape index (κ2) is 9.93. The number of nitrogens with one attached hydrogen (secondary N) is 2. The minimum Gasteiger partial charge on any atom is -0.322 e. The van der Waals surface area contributed by atoms with Gasteiger partial charge in [-0.25, -0.2) is 4.68 Å². The predicted octanol–water partition coefficient (Wildman–Crippen LogP) is 4.54. The maximum atomic E-state index is 13.3. The van der Waals surface area contributed by atoms with Crippen molar-refractivity contribution in [2.75, 3.05) is 18.4 Å². The summed E-state index contributed by atoms with van der Waals surface area (Å²) in [6.45, 7) is 5.74. The van der Waals surface area contributed by atoms with Crippen molar-refractivity contribution in [2.45, 2.75) is 32.6 Å². The number of piperidine rings is 1. The number of aryl methyl sites for hydroxylation is 1. The highest BCUT2D eigenvalue weighted by molar-refractivity contribution is 6.05. The smallest absolute Gasteiger partial charge is 0.269 e. The van der Waals surface area contributed by atoms with Gasteiger partial charge in [0.25, 0.3) is 11.6 Å². The molecule has 0 unspecified atom stereocenters. The van der Waals surface area contributed by atoms with E-state index in [-0.39, 0.29) is 29.9 Å². The van der Waals surface area contributed by atoms with Gasteiger partial charge >= 0.3 is 0 Å². The summed E-state index contributed by atoms with van der Waals surface area (Å²) in [6, 6.07) is 12.1. The Morgan fingerprint density at radius 3 is 2.50 bits per heavy atom. The SMILES string of the molecule is Cc1cccc(NC(=O)c2cnn(-c3ccc([N+](=O)[O-])cc3)c2C2CCNCC2)c1C.Cl. The van der Waals surface area contributed by atoms with Gasteiger partial charge in [0.05, 0.1) is 28.1 Å². The third-order valence-electron chi connectivity index (χ3n) is 5.93. The average molecular weight is 456 g/mol. The molecular weight excluding hydrogens is 430 g/mol. The third-order valence-corrected chi connectivity index (χ3v) is 5.93. The van der Waals surface area contributed by atoms with Crippen molar-refractivity contribution in [2.24, 2.45) is 0 Å². The van der Waals surface area contributed by atoms with E-state index >= 15 is 0 Å². The number of halogens is 1. The summed E-state index contributed by atoms with van der Waals surface area (Å²) >= 11 is 0. The number of aromatic nitrogens is 2. The summed E-state index contributed by atoms with van der Waals surface area (Å²) < 4.78 is 1.75. The number of nitro benzene ring substituents is 1. The van der Waals surface area contributed by atoms with E-state index in [1.165, 1.54) is 12.1 Å². The topological polar surface area (TPSA) is 102 Å². The summed E-state index contributed by atoms with van der Waals surface area (Å²) in [5, 5.41) is 21.9. The molecule has 168 valence electrons. The fourth-order valence-corrected chi connectivity index (χ4v) is 4.02. The Bertz CT molecular complexity index is 1120. The zero-order chi connectivity index (χ0) is 22.0. The van der Waals surface area contributed by atoms with Crippen molar-refractivity contribution < 1.29 is 9.72 Å². The number of carbonyl (C=O) groups is 1. The quantitative estimate of drug-likeness (QED) is 0.434. The van der Waals surface area contributed by atoms with Crippen LogP contribution in [0.5, 0.6) is 0 Å². The number of carbonyl (C=O) groups excluding carboxylic acids is 1. The minimum atomic E-state index is -0.427. The standard InChI is InChI=1S/C23H25N5O3.ClH/c1-15-4-3-5-21(16(15)2)26-23(29)20-14-25-27(22(20)17-10-12-24-13-11-17)18-6-8-19(9-7-18)28(30)31;/h3-9,14,17,24H,10-13H2,1-2H3,(H,26,29);1H. The summed E-state index contributed by atoms with van der Waals surface area (Å²) in [6.07, 6.45) is 3.38. The van der Waals surface area contributed by atoms with Crippen molar-refractivity contribution >= 4 is 29.7 Å². The molecule has 4 rings (SSSR count). The number of nitro groups is 1. The summed E-state index contributed by atoms with van der Waals surface area (Å²) in [7, 11) is 0. The molecule has 3 aromatic rings. The monoisotopic (exact) mass is 455 g/mol. The molecule has 0 atom stereocenters. The molecule has 0 radical (unpaired) electrons. The number of hydrogen-bond donors (Lipinski definition) is 2. The van der Waals surface area contributed by atoms with Gasteiger partial charge < -0.3 is 10.6 Å². The van der Waals surface area contributed by atoms with Gasteiger partial charge in [-0.3, -0.25) is 14.9 Å². The van der Waals surface area contributed by atoms with Gasteiger partial charge in [0.2, 0.25) is 0 Å². The Morgan fingerprint density at radius 2 is 1.84 bits per heavy atom. The van der Waals surface area contributed by atoms with Crippen LogP contribution in [0.15, 0.2) is 48.7 Å². The fourth-order valence-electron chi connectivity index (χ4n) is 4.02. The Balaban J connectivity index is 0.00000289. The maximum absolute atomic E-state index is 13.3. The number of rotatable bonds is 5. The fraction of sp³-hybridized carbons (Fsp3) is 0.304. The van der Waals surface area contributed by atoms with E-state index in [2.05, 4.69) is 15.7 Å². The van der Waals surface area contributed by atoms with Crippen molar-refractivity contribution in [1.82, 2.24) is 15.1 Å². The molecule has 1 saturated heterocycles. The molecule has 1 amide bonds. The largest absolute Gasteiger partial charge is 0.322 e. The molecule has 0 aliphatic carbocycles. The highest BCUT2D eigenvalue weighted by Gasteiger charge is 2.27. The summed E-state index contributed by atoms with van der Waals surface area (Å²) in [5.74, 6) is -0.0336. The van der Waals surface area contributed by atoms with E-state index in [1.54, 1.807) is 23.0 Å². The van der Waals surface area contributed by atoms with Gasteiger partial charge in [-0.1, -0.05) is 12.1 Å². The van der Waals surface area contributed by atoms with Gasteiger partial charge in [-0.2, -0.15) is 5.10 Å². The number of non-ortho nitro benzene ring substituents is 1. The molecule has 1 aliphatic rings. The average Bonchev–Trinajstić information content (AvgIpc) is 3.23. The van der Waals surface area contributed by atoms with Crippen LogP contribution in [0.3, 0.4) is 0 Å². The van der Waals surface area contributed by atoms with Gasteiger partial charge in [0, 0.05) is 23.7 Å². The second-order valence-corrected chi connectivity index (χ2v) is 7.85. The molecule has 1 fully saturated rings. The first-order valence-corrected chi connectivity index (χ1v) is 10.4. The number of hydrogen-bond acceptors (Lipinski definition) is 5. The van der Waals surface area contributed by atoms with Crippen molar-refractivity contribution in [3.8, 4) is 5.69 Å². The Kier molecular flexibility index (Phi) is 7.27. The van der Waals surface area contributed by atoms with Crippen molar-refractivity contribution in [1.29, 1.82) is 0 Å². The van der Waals surface area contributed by atoms with Gasteiger partial charge in [0.1, 0.15) is 0 Å². The van der Waals surface area contributed by atoms with Gasteiger partial charge in [0.15, 0.2) is 0 Å². The summed E-state index contributed by atoms with van der Waals surface area (Å²) in [5.41, 5.74) is 5.02. The lowest BCUT2D eigenvalue weighted by Crippen LogP contribution is -2.29. The zero-order valence-corrected chi connectivity index (χ0v) is 18.8. The van der Waals surface area contributed by atoms with E-state index in [0.717, 1.165) is 48.4 Å². The van der Waals surface area contributed by atoms with Crippen LogP contribution in [0.4, 0.5) is 11.4 Å². The third kappa shape index (κ3) is 4.66. The molecule has 9 heteroatoms. The van der Waals surface area contributed by atoms with Crippen LogP contribution in [0, 0.1) is 24.0 Å². The van der Waals surface area contributed by atoms with E-state index in [4.69, 9.17) is 0 Å². The molecule has 2 heterocycles. The summed E-state index contributed by atoms with van der Waals surface area (Å²) in [4.78, 5) is 23.8. The molecular formula is C23H26ClN5O3. The van der Waals surface area contributed by atoms with Crippen LogP contribution in [-0.2, 0) is 0 Å². The van der Waals surface area contributed by atoms with Crippen LogP contribution < -0.4 is 10.6 Å². The lowest BCUT2D eigenvalue weighted by Gasteiger charge is -2.24. The molecule has 2 N–H and O–H groups in total. The van der Waals surface area contributed by atoms with Crippen LogP contribution >= 0.6 is 12.4 Å². The highest BCUT2D eigenvalue weighted by Crippen LogP contribution is 2.31. The van der Waals surface area contributed by atoms with Gasteiger partial charge in [-0.15, -0.1) is 12.4 Å². The first kappa shape index (κ1) is 23.4. The first-order valence-electron chi connectivity index (χ1n) is 10.4. The Morgan fingerprint density at radius 1 is 1.16 bits per heavy atom. The van der Waals surface area contributed by atoms with E-state index < -0.39 is 4.92 Å². The lowest BCUT2D eigenvalue weighted by molar-refractivity contribution is -0.384. The molecule has 32 heavy (non-hydrogen) atoms. The van der Waals surface area contributed by atoms with Crippen LogP contribution in [-0.4, -0.2) is 33.7 Å². The lowest BCUT2D eigenvalue weighted by atomic mass is 9.91. The normalized spacial score (nSPS) is 13.9. The Hall–Kier alpha value is -3.23. The molecule has 1 aromatic heterocycles. The maximum Gasteiger partial charge on any atom is 0.269 e. The first-order chi connectivity index (χ1) is 15.0. The van der Waals surface area contributed by atoms with E-state index in [9.17, 15) is 14.9 Å². The minimum absolute atomic E-state index is 0. The zero-order valence-electron chi connectivity index (χ0n) is 18.0. The van der Waals surface area contributed by atoms with Crippen molar-refractivity contribution in [3.05, 3.63) is 81.2 Å². The molecule has 0 saturated carbocycles. The van der Waals surface area contributed by atoms with E-state index in [1.807, 2.05) is 32.0 Å². The van der Waals surface area contributed by atoms with Crippen LogP contribution in [0.25, 0.3) is 5.69 Å². The molecule has 0 spiro atoms. The van der Waals surface area contributed by atoms with Gasteiger partial charge in [-0.05, 0) is 69.1 Å².